The topological polar surface area (TPSA) is 21.3 Å². The van der Waals surface area contributed by atoms with E-state index < -0.39 is 0 Å². The summed E-state index contributed by atoms with van der Waals surface area (Å²) in [7, 11) is 0. The number of hydrogen-bond acceptors (Lipinski definition) is 3. The van der Waals surface area contributed by atoms with Gasteiger partial charge in [-0.3, -0.25) is 0 Å². The molecule has 20 heavy (non-hydrogen) atoms. The highest BCUT2D eigenvalue weighted by Crippen LogP contribution is 2.22. The van der Waals surface area contributed by atoms with Gasteiger partial charge in [0.1, 0.15) is 12.4 Å². The molecule has 0 radical (unpaired) electrons. The average Bonchev–Trinajstić information content (AvgIpc) is 2.52. The monoisotopic (exact) mass is 283 g/mol. The zero-order valence-electron chi connectivity index (χ0n) is 11.4. The standard InChI is InChI=1S/C17H17NOS/c1-3-11-19-17-10-5-4-7-14(17)13-18-15-8-6-9-16(12-15)20-2/h1,4-10,12,18H,11,13H2,2H3. The minimum atomic E-state index is 0.291. The van der Waals surface area contributed by atoms with Gasteiger partial charge < -0.3 is 10.1 Å². The van der Waals surface area contributed by atoms with Crippen LogP contribution in [-0.4, -0.2) is 12.9 Å². The van der Waals surface area contributed by atoms with Crippen molar-refractivity contribution in [3.8, 4) is 18.1 Å². The Kier molecular flexibility index (Phi) is 5.40. The maximum atomic E-state index is 5.54. The first-order valence-corrected chi connectivity index (χ1v) is 7.58. The second-order valence-corrected chi connectivity index (χ2v) is 5.07. The van der Waals surface area contributed by atoms with Gasteiger partial charge in [-0.25, -0.2) is 0 Å². The lowest BCUT2D eigenvalue weighted by atomic mass is 10.2. The number of rotatable bonds is 6. The van der Waals surface area contributed by atoms with Crippen molar-refractivity contribution in [1.29, 1.82) is 0 Å². The Balaban J connectivity index is 2.05. The average molecular weight is 283 g/mol. The summed E-state index contributed by atoms with van der Waals surface area (Å²) in [4.78, 5) is 1.24. The van der Waals surface area contributed by atoms with Gasteiger partial charge in [-0.15, -0.1) is 18.2 Å². The number of nitrogens with one attached hydrogen (secondary N) is 1. The quantitative estimate of drug-likeness (QED) is 0.639. The fraction of sp³-hybridized carbons (Fsp3) is 0.176. The van der Waals surface area contributed by atoms with E-state index in [0.29, 0.717) is 13.2 Å². The van der Waals surface area contributed by atoms with Crippen molar-refractivity contribution in [2.24, 2.45) is 0 Å². The predicted molar refractivity (Wildman–Crippen MR) is 86.3 cm³/mol. The van der Waals surface area contributed by atoms with Gasteiger partial charge in [-0.1, -0.05) is 30.2 Å². The van der Waals surface area contributed by atoms with E-state index in [9.17, 15) is 0 Å². The zero-order chi connectivity index (χ0) is 14.2. The van der Waals surface area contributed by atoms with Gasteiger partial charge in [0.25, 0.3) is 0 Å². The van der Waals surface area contributed by atoms with Gasteiger partial charge in [0.05, 0.1) is 0 Å². The van der Waals surface area contributed by atoms with E-state index in [4.69, 9.17) is 11.2 Å². The minimum Gasteiger partial charge on any atom is -0.481 e. The third kappa shape index (κ3) is 3.97. The summed E-state index contributed by atoms with van der Waals surface area (Å²) in [5.41, 5.74) is 2.20. The molecule has 0 bridgehead atoms. The third-order valence-corrected chi connectivity index (χ3v) is 3.56. The molecule has 3 heteroatoms. The van der Waals surface area contributed by atoms with Gasteiger partial charge in [-0.2, -0.15) is 0 Å². The van der Waals surface area contributed by atoms with Crippen LogP contribution in [0.2, 0.25) is 0 Å². The summed E-state index contributed by atoms with van der Waals surface area (Å²) in [5.74, 6) is 3.32. The Morgan fingerprint density at radius 3 is 2.85 bits per heavy atom. The molecule has 0 aliphatic heterocycles. The molecule has 1 N–H and O–H groups in total. The fourth-order valence-corrected chi connectivity index (χ4v) is 2.30. The van der Waals surface area contributed by atoms with Crippen LogP contribution >= 0.6 is 11.8 Å². The van der Waals surface area contributed by atoms with E-state index in [-0.39, 0.29) is 0 Å². The summed E-state index contributed by atoms with van der Waals surface area (Å²) in [6.45, 7) is 0.998. The van der Waals surface area contributed by atoms with Crippen LogP contribution in [0.5, 0.6) is 5.75 Å². The Hall–Kier alpha value is -2.05. The fourth-order valence-electron chi connectivity index (χ4n) is 1.84. The molecule has 0 amide bonds. The first-order valence-electron chi connectivity index (χ1n) is 6.35. The molecule has 0 saturated carbocycles. The number of para-hydroxylation sites is 1. The van der Waals surface area contributed by atoms with Crippen molar-refractivity contribution in [2.45, 2.75) is 11.4 Å². The van der Waals surface area contributed by atoms with Crippen LogP contribution < -0.4 is 10.1 Å². The second kappa shape index (κ2) is 7.52. The van der Waals surface area contributed by atoms with Gasteiger partial charge in [-0.05, 0) is 30.5 Å². The Morgan fingerprint density at radius 1 is 1.20 bits per heavy atom. The normalized spacial score (nSPS) is 9.80. The number of anilines is 1. The van der Waals surface area contributed by atoms with E-state index in [2.05, 4.69) is 41.8 Å². The SMILES string of the molecule is C#CCOc1ccccc1CNc1cccc(SC)c1. The molecule has 102 valence electrons. The summed E-state index contributed by atoms with van der Waals surface area (Å²) in [6, 6.07) is 16.3. The van der Waals surface area contributed by atoms with Gasteiger partial charge in [0, 0.05) is 22.7 Å². The van der Waals surface area contributed by atoms with Crippen molar-refractivity contribution < 1.29 is 4.74 Å². The minimum absolute atomic E-state index is 0.291. The molecule has 2 nitrogen and oxygen atoms in total. The largest absolute Gasteiger partial charge is 0.481 e. The molecule has 0 unspecified atom stereocenters. The van der Waals surface area contributed by atoms with Crippen LogP contribution in [0.25, 0.3) is 0 Å². The first kappa shape index (κ1) is 14.4. The van der Waals surface area contributed by atoms with Crippen molar-refractivity contribution in [3.05, 3.63) is 54.1 Å². The van der Waals surface area contributed by atoms with E-state index in [1.54, 1.807) is 11.8 Å². The van der Waals surface area contributed by atoms with E-state index >= 15 is 0 Å². The molecule has 0 spiro atoms. The summed E-state index contributed by atoms with van der Waals surface area (Å²) in [6.07, 6.45) is 7.30. The molecule has 0 aromatic heterocycles. The van der Waals surface area contributed by atoms with Crippen LogP contribution in [0.1, 0.15) is 5.56 Å². The molecule has 0 saturated heterocycles. The second-order valence-electron chi connectivity index (χ2n) is 4.19. The number of hydrogen-bond donors (Lipinski definition) is 1. The highest BCUT2D eigenvalue weighted by Gasteiger charge is 2.02. The van der Waals surface area contributed by atoms with Crippen molar-refractivity contribution >= 4 is 17.4 Å². The Labute approximate surface area is 124 Å². The molecule has 0 atom stereocenters. The molecular weight excluding hydrogens is 266 g/mol. The van der Waals surface area contributed by atoms with Crippen LogP contribution in [0.15, 0.2) is 53.4 Å². The van der Waals surface area contributed by atoms with Crippen LogP contribution in [0, 0.1) is 12.3 Å². The van der Waals surface area contributed by atoms with Gasteiger partial charge in [0.2, 0.25) is 0 Å². The Bertz CT molecular complexity index is 604. The zero-order valence-corrected chi connectivity index (χ0v) is 12.2. The molecule has 2 aromatic rings. The number of ether oxygens (including phenoxy) is 1. The summed E-state index contributed by atoms with van der Waals surface area (Å²) in [5, 5.41) is 3.41. The third-order valence-electron chi connectivity index (χ3n) is 2.84. The Morgan fingerprint density at radius 2 is 2.05 bits per heavy atom. The van der Waals surface area contributed by atoms with Crippen LogP contribution in [0.4, 0.5) is 5.69 Å². The van der Waals surface area contributed by atoms with Crippen molar-refractivity contribution in [1.82, 2.24) is 0 Å². The number of thioether (sulfide) groups is 1. The molecule has 0 aliphatic carbocycles. The molecule has 2 aromatic carbocycles. The lowest BCUT2D eigenvalue weighted by Gasteiger charge is -2.12. The number of benzene rings is 2. The van der Waals surface area contributed by atoms with E-state index in [0.717, 1.165) is 17.0 Å². The summed E-state index contributed by atoms with van der Waals surface area (Å²) >= 11 is 1.73. The van der Waals surface area contributed by atoms with E-state index in [1.807, 2.05) is 24.3 Å². The van der Waals surface area contributed by atoms with Crippen LogP contribution in [0.3, 0.4) is 0 Å². The smallest absolute Gasteiger partial charge is 0.148 e. The maximum absolute atomic E-state index is 5.54. The maximum Gasteiger partial charge on any atom is 0.148 e. The molecule has 2 rings (SSSR count). The predicted octanol–water partition coefficient (Wildman–Crippen LogP) is 4.03. The molecule has 0 fully saturated rings. The lowest BCUT2D eigenvalue weighted by molar-refractivity contribution is 0.366. The van der Waals surface area contributed by atoms with E-state index in [1.165, 1.54) is 4.90 Å². The van der Waals surface area contributed by atoms with Gasteiger partial charge in [0.15, 0.2) is 0 Å². The van der Waals surface area contributed by atoms with Crippen LogP contribution in [-0.2, 0) is 6.54 Å². The highest BCUT2D eigenvalue weighted by molar-refractivity contribution is 7.98. The molecular formula is C17H17NOS. The van der Waals surface area contributed by atoms with Gasteiger partial charge >= 0.3 is 0 Å². The molecule has 0 aliphatic rings. The first-order chi connectivity index (χ1) is 9.83. The highest BCUT2D eigenvalue weighted by atomic mass is 32.2. The number of terminal acetylenes is 1. The van der Waals surface area contributed by atoms with Crippen molar-refractivity contribution in [2.75, 3.05) is 18.2 Å². The lowest BCUT2D eigenvalue weighted by Crippen LogP contribution is -2.03. The molecule has 0 heterocycles. The van der Waals surface area contributed by atoms with Crippen molar-refractivity contribution in [3.63, 3.8) is 0 Å². The summed E-state index contributed by atoms with van der Waals surface area (Å²) < 4.78 is 5.54.